The lowest BCUT2D eigenvalue weighted by molar-refractivity contribution is 0.102. The average molecular weight is 526 g/mol. The fourth-order valence-electron chi connectivity index (χ4n) is 5.72. The number of hydrogen-bond acceptors (Lipinski definition) is 6. The molecular weight excluding hydrogens is 490 g/mol. The minimum atomic E-state index is -0.0499. The van der Waals surface area contributed by atoms with Crippen molar-refractivity contribution in [2.24, 2.45) is 0 Å². The van der Waals surface area contributed by atoms with Gasteiger partial charge in [-0.25, -0.2) is 4.98 Å². The number of thiazole rings is 1. The van der Waals surface area contributed by atoms with Crippen LogP contribution in [0.1, 0.15) is 57.8 Å². The number of amides is 1. The van der Waals surface area contributed by atoms with E-state index in [1.54, 1.807) is 0 Å². The van der Waals surface area contributed by atoms with Gasteiger partial charge in [0.15, 0.2) is 0 Å². The summed E-state index contributed by atoms with van der Waals surface area (Å²) in [6, 6.07) is 19.9. The van der Waals surface area contributed by atoms with Gasteiger partial charge in [-0.3, -0.25) is 14.7 Å². The number of benzene rings is 2. The summed E-state index contributed by atoms with van der Waals surface area (Å²) in [7, 11) is 0. The SMILES string of the molecule is CCc1nc(CC)c(C(=O)Nc2ccc([C@H]3C[C@@H]3N3CCN(c4cccc5nc(C)ccc45)CC3)cc2)s1. The smallest absolute Gasteiger partial charge is 0.267 e. The average Bonchev–Trinajstić information content (AvgIpc) is 3.63. The summed E-state index contributed by atoms with van der Waals surface area (Å²) in [5.74, 6) is 0.530. The molecule has 6 rings (SSSR count). The summed E-state index contributed by atoms with van der Waals surface area (Å²) in [4.78, 5) is 28.1. The van der Waals surface area contributed by atoms with Crippen LogP contribution >= 0.6 is 11.3 Å². The minimum Gasteiger partial charge on any atom is -0.368 e. The van der Waals surface area contributed by atoms with Crippen molar-refractivity contribution in [1.29, 1.82) is 0 Å². The van der Waals surface area contributed by atoms with Gasteiger partial charge in [0.2, 0.25) is 0 Å². The molecule has 1 aliphatic carbocycles. The second-order valence-electron chi connectivity index (χ2n) is 10.4. The van der Waals surface area contributed by atoms with Gasteiger partial charge in [-0.15, -0.1) is 11.3 Å². The fourth-order valence-corrected chi connectivity index (χ4v) is 6.71. The lowest BCUT2D eigenvalue weighted by Crippen LogP contribution is -2.47. The Morgan fingerprint density at radius 3 is 2.50 bits per heavy atom. The van der Waals surface area contributed by atoms with Gasteiger partial charge >= 0.3 is 0 Å². The van der Waals surface area contributed by atoms with Crippen molar-refractivity contribution in [3.8, 4) is 0 Å². The number of fused-ring (bicyclic) bond motifs is 1. The van der Waals surface area contributed by atoms with Crippen molar-refractivity contribution >= 4 is 39.5 Å². The van der Waals surface area contributed by atoms with Gasteiger partial charge in [0.05, 0.1) is 16.2 Å². The van der Waals surface area contributed by atoms with Crippen molar-refractivity contribution in [2.75, 3.05) is 36.4 Å². The van der Waals surface area contributed by atoms with Gasteiger partial charge in [-0.2, -0.15) is 0 Å². The fraction of sp³-hybridized carbons (Fsp3) is 0.387. The molecule has 1 amide bonds. The first-order valence-electron chi connectivity index (χ1n) is 13.8. The molecule has 2 aliphatic rings. The molecular formula is C31H35N5OS. The maximum absolute atomic E-state index is 12.9. The molecule has 1 saturated heterocycles. The molecule has 0 bridgehead atoms. The highest BCUT2D eigenvalue weighted by Crippen LogP contribution is 2.45. The van der Waals surface area contributed by atoms with E-state index in [2.05, 4.69) is 69.5 Å². The van der Waals surface area contributed by atoms with Crippen LogP contribution in [0.2, 0.25) is 0 Å². The normalized spacial score (nSPS) is 19.6. The van der Waals surface area contributed by atoms with Gasteiger partial charge < -0.3 is 10.2 Å². The Labute approximate surface area is 228 Å². The molecule has 2 fully saturated rings. The lowest BCUT2D eigenvalue weighted by Gasteiger charge is -2.37. The highest BCUT2D eigenvalue weighted by molar-refractivity contribution is 7.13. The predicted octanol–water partition coefficient (Wildman–Crippen LogP) is 6.05. The second-order valence-corrected chi connectivity index (χ2v) is 11.5. The van der Waals surface area contributed by atoms with Gasteiger partial charge in [-0.05, 0) is 68.1 Å². The molecule has 1 saturated carbocycles. The number of anilines is 2. The first-order valence-corrected chi connectivity index (χ1v) is 14.6. The zero-order valence-electron chi connectivity index (χ0n) is 22.4. The number of carbonyl (C=O) groups excluding carboxylic acids is 1. The minimum absolute atomic E-state index is 0.0499. The van der Waals surface area contributed by atoms with Gasteiger partial charge in [0.1, 0.15) is 4.88 Å². The number of piperazine rings is 1. The summed E-state index contributed by atoms with van der Waals surface area (Å²) >= 11 is 1.51. The molecule has 196 valence electrons. The standard InChI is InChI=1S/C31H35N5OS/c1-4-25-30(38-29(5-2)34-25)31(37)33-22-12-10-21(11-13-22)24-19-28(24)36-17-15-35(16-18-36)27-8-6-7-26-23(27)14-9-20(3)32-26/h6-14,24,28H,4-5,15-19H2,1-3H3,(H,33,37)/t24-,28+/m1/s1. The van der Waals surface area contributed by atoms with E-state index in [0.717, 1.165) is 71.5 Å². The van der Waals surface area contributed by atoms with Gasteiger partial charge in [-0.1, -0.05) is 32.0 Å². The van der Waals surface area contributed by atoms with Crippen molar-refractivity contribution in [2.45, 2.75) is 52.0 Å². The quantitative estimate of drug-likeness (QED) is 0.318. The van der Waals surface area contributed by atoms with Crippen LogP contribution in [0.15, 0.2) is 54.6 Å². The van der Waals surface area contributed by atoms with E-state index in [1.807, 2.05) is 26.0 Å². The van der Waals surface area contributed by atoms with Crippen molar-refractivity contribution in [1.82, 2.24) is 14.9 Å². The van der Waals surface area contributed by atoms with Crippen molar-refractivity contribution in [3.63, 3.8) is 0 Å². The Kier molecular flexibility index (Phi) is 6.89. The van der Waals surface area contributed by atoms with E-state index in [0.29, 0.717) is 12.0 Å². The maximum atomic E-state index is 12.9. The van der Waals surface area contributed by atoms with E-state index in [-0.39, 0.29) is 5.91 Å². The molecule has 1 aliphatic heterocycles. The summed E-state index contributed by atoms with van der Waals surface area (Å²) in [6.45, 7) is 10.4. The summed E-state index contributed by atoms with van der Waals surface area (Å²) in [6.07, 6.45) is 2.84. The number of nitrogens with zero attached hydrogens (tertiary/aromatic N) is 4. The van der Waals surface area contributed by atoms with Gasteiger partial charge in [0.25, 0.3) is 5.91 Å². The van der Waals surface area contributed by atoms with E-state index >= 15 is 0 Å². The van der Waals surface area contributed by atoms with E-state index in [4.69, 9.17) is 4.98 Å². The summed E-state index contributed by atoms with van der Waals surface area (Å²) in [5, 5.41) is 5.34. The molecule has 4 aromatic rings. The van der Waals surface area contributed by atoms with Crippen molar-refractivity contribution < 1.29 is 4.79 Å². The number of aryl methyl sites for hydroxylation is 3. The zero-order chi connectivity index (χ0) is 26.2. The molecule has 0 radical (unpaired) electrons. The number of rotatable bonds is 7. The van der Waals surface area contributed by atoms with Crippen LogP contribution in [0.3, 0.4) is 0 Å². The number of hydrogen-bond donors (Lipinski definition) is 1. The molecule has 6 nitrogen and oxygen atoms in total. The van der Waals surface area contributed by atoms with Crippen LogP contribution in [0, 0.1) is 6.92 Å². The lowest BCUT2D eigenvalue weighted by atomic mass is 10.1. The molecule has 2 aromatic heterocycles. The number of pyridine rings is 1. The Bertz CT molecular complexity index is 1460. The van der Waals surface area contributed by atoms with Crippen LogP contribution in [0.25, 0.3) is 10.9 Å². The van der Waals surface area contributed by atoms with E-state index in [9.17, 15) is 4.79 Å². The zero-order valence-corrected chi connectivity index (χ0v) is 23.2. The monoisotopic (exact) mass is 525 g/mol. The largest absolute Gasteiger partial charge is 0.368 e. The van der Waals surface area contributed by atoms with Crippen LogP contribution in [-0.2, 0) is 12.8 Å². The number of nitrogens with one attached hydrogen (secondary N) is 1. The van der Waals surface area contributed by atoms with Crippen LogP contribution in [0.4, 0.5) is 11.4 Å². The third kappa shape index (κ3) is 4.93. The Morgan fingerprint density at radius 2 is 1.76 bits per heavy atom. The Hall–Kier alpha value is -3.29. The van der Waals surface area contributed by atoms with Crippen LogP contribution in [0.5, 0.6) is 0 Å². The van der Waals surface area contributed by atoms with E-state index < -0.39 is 0 Å². The first-order chi connectivity index (χ1) is 18.5. The molecule has 2 aromatic carbocycles. The highest BCUT2D eigenvalue weighted by Gasteiger charge is 2.43. The van der Waals surface area contributed by atoms with Crippen molar-refractivity contribution in [3.05, 3.63) is 81.4 Å². The molecule has 0 spiro atoms. The van der Waals surface area contributed by atoms with Crippen LogP contribution in [-0.4, -0.2) is 53.0 Å². The first kappa shape index (κ1) is 25.0. The Morgan fingerprint density at radius 1 is 0.974 bits per heavy atom. The highest BCUT2D eigenvalue weighted by atomic mass is 32.1. The molecule has 7 heteroatoms. The Balaban J connectivity index is 1.05. The third-order valence-electron chi connectivity index (χ3n) is 7.91. The number of carbonyl (C=O) groups is 1. The van der Waals surface area contributed by atoms with E-state index in [1.165, 1.54) is 34.4 Å². The third-order valence-corrected chi connectivity index (χ3v) is 9.15. The molecule has 3 heterocycles. The second kappa shape index (κ2) is 10.5. The topological polar surface area (TPSA) is 61.4 Å². The molecule has 0 unspecified atom stereocenters. The molecule has 38 heavy (non-hydrogen) atoms. The number of aromatic nitrogens is 2. The molecule has 1 N–H and O–H groups in total. The van der Waals surface area contributed by atoms with Crippen LogP contribution < -0.4 is 10.2 Å². The summed E-state index contributed by atoms with van der Waals surface area (Å²) < 4.78 is 0. The predicted molar refractivity (Wildman–Crippen MR) is 157 cm³/mol. The maximum Gasteiger partial charge on any atom is 0.267 e. The summed E-state index contributed by atoms with van der Waals surface area (Å²) in [5.41, 5.74) is 6.55. The molecule has 2 atom stereocenters. The van der Waals surface area contributed by atoms with Gasteiger partial charge in [0, 0.05) is 60.6 Å².